The zero-order valence-corrected chi connectivity index (χ0v) is 17.9. The molecule has 1 aliphatic heterocycles. The van der Waals surface area contributed by atoms with Crippen molar-refractivity contribution in [2.75, 3.05) is 32.3 Å². The molecule has 0 aromatic heterocycles. The molecule has 11 heteroatoms. The molecular formula is C17H33N3O7S. The summed E-state index contributed by atoms with van der Waals surface area (Å²) in [5.41, 5.74) is 0. The fourth-order valence-corrected chi connectivity index (χ4v) is 2.22. The molecule has 0 aliphatic carbocycles. The molecular weight excluding hydrogens is 390 g/mol. The normalized spacial score (nSPS) is 15.0. The number of likely N-dealkylation sites (N-methyl/N-ethyl adjacent to an activating group) is 1. The minimum Gasteiger partial charge on any atom is -0.481 e. The first-order valence-electron chi connectivity index (χ1n) is 9.02. The quantitative estimate of drug-likeness (QED) is 0.324. The summed E-state index contributed by atoms with van der Waals surface area (Å²) in [4.78, 5) is 45.3. The van der Waals surface area contributed by atoms with Crippen LogP contribution in [0.4, 0.5) is 0 Å². The molecule has 10 nitrogen and oxygen atoms in total. The van der Waals surface area contributed by atoms with Crippen molar-refractivity contribution in [3.8, 4) is 0 Å². The molecule has 3 atom stereocenters. The highest BCUT2D eigenvalue weighted by Crippen LogP contribution is 1.99. The Kier molecular flexibility index (Phi) is 17.5. The molecule has 1 aliphatic rings. The van der Waals surface area contributed by atoms with E-state index in [4.69, 9.17) is 14.9 Å². The minimum absolute atomic E-state index is 0.194. The van der Waals surface area contributed by atoms with Crippen molar-refractivity contribution >= 4 is 35.5 Å². The number of carboxylic acids is 2. The summed E-state index contributed by atoms with van der Waals surface area (Å²) in [6.45, 7) is 7.39. The van der Waals surface area contributed by atoms with Gasteiger partial charge < -0.3 is 30.9 Å². The Labute approximate surface area is 170 Å². The van der Waals surface area contributed by atoms with Crippen LogP contribution in [0.5, 0.6) is 0 Å². The second-order valence-electron chi connectivity index (χ2n) is 5.49. The van der Waals surface area contributed by atoms with Crippen LogP contribution in [0.15, 0.2) is 0 Å². The van der Waals surface area contributed by atoms with Gasteiger partial charge in [0.2, 0.25) is 11.8 Å². The number of thioether (sulfide) groups is 1. The van der Waals surface area contributed by atoms with E-state index in [-0.39, 0.29) is 5.75 Å². The van der Waals surface area contributed by atoms with Crippen molar-refractivity contribution in [3.05, 3.63) is 0 Å². The number of amides is 2. The summed E-state index contributed by atoms with van der Waals surface area (Å²) in [5.74, 6) is -3.43. The van der Waals surface area contributed by atoms with E-state index >= 15 is 0 Å². The fraction of sp³-hybridized carbons (Fsp3) is 0.765. The van der Waals surface area contributed by atoms with E-state index in [1.807, 2.05) is 13.8 Å². The van der Waals surface area contributed by atoms with E-state index in [1.165, 1.54) is 32.2 Å². The Bertz CT molecular complexity index is 483. The molecule has 164 valence electrons. The third-order valence-electron chi connectivity index (χ3n) is 3.32. The smallest absolute Gasteiger partial charge is 0.327 e. The largest absolute Gasteiger partial charge is 0.481 e. The average Bonchev–Trinajstić information content (AvgIpc) is 2.58. The summed E-state index contributed by atoms with van der Waals surface area (Å²) in [6, 6.07) is -3.02. The van der Waals surface area contributed by atoms with Crippen LogP contribution < -0.4 is 16.0 Å². The standard InChI is InChI=1S/C12H21N3O6S.C3H6O.C2H6/c1-6(10(18)15-8(5-22-3)12(20)21)14-11(19)7(13-2)4-9(16)17;1-2-4-3-1;1-2/h6-8,13H,4-5H2,1-3H3,(H,14,19)(H,15,18)(H,16,17)(H,20,21);1-3H2;1-2H3/t6?,7-,8-;;/m0../s1. The Hall–Kier alpha value is -1.85. The molecule has 5 N–H and O–H groups in total. The Morgan fingerprint density at radius 2 is 1.54 bits per heavy atom. The average molecular weight is 424 g/mol. The van der Waals surface area contributed by atoms with Gasteiger partial charge in [-0.3, -0.25) is 14.4 Å². The van der Waals surface area contributed by atoms with E-state index in [0.29, 0.717) is 0 Å². The van der Waals surface area contributed by atoms with Crippen LogP contribution in [0.25, 0.3) is 0 Å². The van der Waals surface area contributed by atoms with Gasteiger partial charge in [-0.2, -0.15) is 11.8 Å². The summed E-state index contributed by atoms with van der Waals surface area (Å²) in [6.07, 6.45) is 2.55. The van der Waals surface area contributed by atoms with E-state index in [1.54, 1.807) is 6.26 Å². The zero-order valence-electron chi connectivity index (χ0n) is 17.1. The van der Waals surface area contributed by atoms with Gasteiger partial charge in [0.25, 0.3) is 0 Å². The molecule has 1 fully saturated rings. The molecule has 0 radical (unpaired) electrons. The van der Waals surface area contributed by atoms with Crippen LogP contribution in [0.2, 0.25) is 0 Å². The highest BCUT2D eigenvalue weighted by molar-refractivity contribution is 7.98. The van der Waals surface area contributed by atoms with Crippen LogP contribution in [-0.4, -0.2) is 84.4 Å². The number of hydrogen-bond acceptors (Lipinski definition) is 7. The highest BCUT2D eigenvalue weighted by Gasteiger charge is 2.26. The number of carbonyl (C=O) groups excluding carboxylic acids is 2. The Balaban J connectivity index is 0. The van der Waals surface area contributed by atoms with Gasteiger partial charge in [0.1, 0.15) is 12.1 Å². The molecule has 1 rings (SSSR count). The van der Waals surface area contributed by atoms with E-state index in [9.17, 15) is 19.2 Å². The van der Waals surface area contributed by atoms with Crippen molar-refractivity contribution in [1.29, 1.82) is 0 Å². The Morgan fingerprint density at radius 3 is 1.86 bits per heavy atom. The van der Waals surface area contributed by atoms with Crippen LogP contribution in [0.1, 0.15) is 33.6 Å². The lowest BCUT2D eigenvalue weighted by molar-refractivity contribution is -0.142. The molecule has 0 bridgehead atoms. The molecule has 0 saturated carbocycles. The van der Waals surface area contributed by atoms with Crippen LogP contribution >= 0.6 is 11.8 Å². The SMILES string of the molecule is C1COC1.CC.CN[C@@H](CC(=O)O)C(=O)NC(C)C(=O)N[C@@H](CSC)C(=O)O. The van der Waals surface area contributed by atoms with Crippen molar-refractivity contribution in [2.24, 2.45) is 0 Å². The number of carbonyl (C=O) groups is 4. The molecule has 1 unspecified atom stereocenters. The van der Waals surface area contributed by atoms with E-state index in [0.717, 1.165) is 13.2 Å². The molecule has 1 saturated heterocycles. The topological polar surface area (TPSA) is 154 Å². The third kappa shape index (κ3) is 13.3. The maximum absolute atomic E-state index is 11.9. The lowest BCUT2D eigenvalue weighted by Crippen LogP contribution is -2.54. The number of aliphatic carboxylic acids is 2. The number of rotatable bonds is 10. The first-order valence-corrected chi connectivity index (χ1v) is 10.4. The predicted molar refractivity (Wildman–Crippen MR) is 107 cm³/mol. The summed E-state index contributed by atoms with van der Waals surface area (Å²) >= 11 is 1.26. The van der Waals surface area contributed by atoms with Crippen molar-refractivity contribution in [3.63, 3.8) is 0 Å². The second kappa shape index (κ2) is 17.3. The van der Waals surface area contributed by atoms with Gasteiger partial charge in [-0.25, -0.2) is 4.79 Å². The summed E-state index contributed by atoms with van der Waals surface area (Å²) in [5, 5.41) is 24.8. The molecule has 2 amide bonds. The van der Waals surface area contributed by atoms with Gasteiger partial charge in [0.15, 0.2) is 0 Å². The summed E-state index contributed by atoms with van der Waals surface area (Å²) in [7, 11) is 1.43. The molecule has 0 aromatic rings. The molecule has 0 spiro atoms. The molecule has 1 heterocycles. The summed E-state index contributed by atoms with van der Waals surface area (Å²) < 4.78 is 4.72. The van der Waals surface area contributed by atoms with Gasteiger partial charge in [-0.15, -0.1) is 0 Å². The maximum Gasteiger partial charge on any atom is 0.327 e. The number of hydrogen-bond donors (Lipinski definition) is 5. The monoisotopic (exact) mass is 423 g/mol. The third-order valence-corrected chi connectivity index (χ3v) is 3.99. The van der Waals surface area contributed by atoms with Gasteiger partial charge in [0.05, 0.1) is 12.5 Å². The first kappa shape index (κ1) is 28.4. The fourth-order valence-electron chi connectivity index (χ4n) is 1.66. The number of ether oxygens (including phenoxy) is 1. The van der Waals surface area contributed by atoms with Gasteiger partial charge in [-0.1, -0.05) is 13.8 Å². The lowest BCUT2D eigenvalue weighted by atomic mass is 10.1. The van der Waals surface area contributed by atoms with E-state index < -0.39 is 48.3 Å². The van der Waals surface area contributed by atoms with Crippen LogP contribution in [-0.2, 0) is 23.9 Å². The van der Waals surface area contributed by atoms with E-state index in [2.05, 4.69) is 16.0 Å². The van der Waals surface area contributed by atoms with Gasteiger partial charge in [-0.05, 0) is 26.6 Å². The predicted octanol–water partition coefficient (Wildman–Crippen LogP) is -0.0809. The van der Waals surface area contributed by atoms with Crippen LogP contribution in [0, 0.1) is 0 Å². The highest BCUT2D eigenvalue weighted by atomic mass is 32.2. The number of carboxylic acid groups (broad SMARTS) is 2. The maximum atomic E-state index is 11.9. The molecule has 28 heavy (non-hydrogen) atoms. The van der Waals surface area contributed by atoms with Crippen LogP contribution in [0.3, 0.4) is 0 Å². The molecule has 0 aromatic carbocycles. The second-order valence-corrected chi connectivity index (χ2v) is 6.40. The van der Waals surface area contributed by atoms with Crippen molar-refractivity contribution in [1.82, 2.24) is 16.0 Å². The van der Waals surface area contributed by atoms with Crippen molar-refractivity contribution < 1.29 is 34.1 Å². The Morgan fingerprint density at radius 1 is 1.04 bits per heavy atom. The van der Waals surface area contributed by atoms with Crippen molar-refractivity contribution in [2.45, 2.75) is 51.7 Å². The van der Waals surface area contributed by atoms with Gasteiger partial charge >= 0.3 is 11.9 Å². The number of nitrogens with one attached hydrogen (secondary N) is 3. The first-order chi connectivity index (χ1) is 13.2. The lowest BCUT2D eigenvalue weighted by Gasteiger charge is -2.20. The zero-order chi connectivity index (χ0) is 22.1. The minimum atomic E-state index is -1.17. The van der Waals surface area contributed by atoms with Gasteiger partial charge in [0, 0.05) is 19.0 Å².